The highest BCUT2D eigenvalue weighted by Gasteiger charge is 2.27. The number of halogens is 2. The van der Waals surface area contributed by atoms with E-state index >= 15 is 0 Å². The lowest BCUT2D eigenvalue weighted by atomic mass is 10.1. The molecule has 0 spiro atoms. The van der Waals surface area contributed by atoms with E-state index in [0.717, 1.165) is 12.4 Å². The molecule has 3 heterocycles. The molecule has 0 saturated carbocycles. The van der Waals surface area contributed by atoms with E-state index in [1.54, 1.807) is 10.6 Å². The van der Waals surface area contributed by atoms with E-state index in [1.807, 2.05) is 13.8 Å². The van der Waals surface area contributed by atoms with Crippen LogP contribution in [0.15, 0.2) is 36.9 Å². The Kier molecular flexibility index (Phi) is 5.44. The lowest BCUT2D eigenvalue weighted by Crippen LogP contribution is -2.29. The number of rotatable bonds is 5. The zero-order valence-electron chi connectivity index (χ0n) is 15.0. The summed E-state index contributed by atoms with van der Waals surface area (Å²) in [5.74, 6) is -1.63. The van der Waals surface area contributed by atoms with Gasteiger partial charge in [0.05, 0.1) is 29.4 Å². The minimum absolute atomic E-state index is 0.0430. The van der Waals surface area contributed by atoms with Crippen LogP contribution in [0.3, 0.4) is 0 Å². The summed E-state index contributed by atoms with van der Waals surface area (Å²) in [5, 5.41) is 26.0. The summed E-state index contributed by atoms with van der Waals surface area (Å²) >= 11 is 11.9. The highest BCUT2D eigenvalue weighted by molar-refractivity contribution is 6.50. The van der Waals surface area contributed by atoms with Crippen molar-refractivity contribution in [3.8, 4) is 0 Å². The minimum Gasteiger partial charge on any atom is -0.711 e. The number of aromatic nitrogens is 3. The third-order valence-electron chi connectivity index (χ3n) is 3.99. The number of hydrogen-bond acceptors (Lipinski definition) is 4. The number of nitrogens with zero attached hydrogens (tertiary/aromatic N) is 3. The van der Waals surface area contributed by atoms with Crippen molar-refractivity contribution in [3.63, 3.8) is 0 Å². The van der Waals surface area contributed by atoms with E-state index in [1.165, 1.54) is 18.5 Å². The molecule has 3 aromatic heterocycles. The second kappa shape index (κ2) is 7.65. The molecule has 0 atom stereocenters. The molecule has 0 aliphatic rings. The lowest BCUT2D eigenvalue weighted by molar-refractivity contribution is -0.605. The lowest BCUT2D eigenvalue weighted by Gasteiger charge is -2.08. The maximum atomic E-state index is 12.8. The van der Waals surface area contributed by atoms with Gasteiger partial charge in [-0.25, -0.2) is 9.30 Å². The fourth-order valence-corrected chi connectivity index (χ4v) is 3.43. The molecule has 0 radical (unpaired) electrons. The Morgan fingerprint density at radius 3 is 2.46 bits per heavy atom. The highest BCUT2D eigenvalue weighted by atomic mass is 35.5. The van der Waals surface area contributed by atoms with Crippen LogP contribution in [0.5, 0.6) is 0 Å². The Hall–Kier alpha value is -2.84. The molecule has 3 aromatic rings. The van der Waals surface area contributed by atoms with Gasteiger partial charge in [-0.2, -0.15) is 4.73 Å². The molecular formula is C18H16Cl2N4O4. The fourth-order valence-electron chi connectivity index (χ4n) is 2.89. The van der Waals surface area contributed by atoms with E-state index < -0.39 is 11.7 Å². The van der Waals surface area contributed by atoms with Crippen molar-refractivity contribution in [3.05, 3.63) is 62.9 Å². The topological polar surface area (TPSA) is 105 Å². The van der Waals surface area contributed by atoms with Crippen LogP contribution in [0.4, 0.5) is 5.69 Å². The van der Waals surface area contributed by atoms with Crippen molar-refractivity contribution in [2.45, 2.75) is 20.4 Å². The van der Waals surface area contributed by atoms with Gasteiger partial charge in [-0.15, -0.1) is 0 Å². The standard InChI is InChI=1S/C18H16Cl2N4O4/c1-10(2)6-22-7-12(11-4-3-5-24(28)18(11)22)16(25)17(26)21-15-13(19)8-23(27)9-14(15)20/h3-5,7-10H,6H2,1-2H3,(H,21,26). The maximum absolute atomic E-state index is 12.8. The number of pyridine rings is 2. The smallest absolute Gasteiger partial charge is 0.297 e. The van der Waals surface area contributed by atoms with Crippen LogP contribution in [0.2, 0.25) is 10.0 Å². The number of Topliss-reactive ketones (excluding diaryl/α,β-unsaturated/α-hetero) is 1. The molecule has 1 N–H and O–H groups in total. The van der Waals surface area contributed by atoms with Gasteiger partial charge in [0.25, 0.3) is 17.3 Å². The van der Waals surface area contributed by atoms with Gasteiger partial charge in [0, 0.05) is 0 Å². The third-order valence-corrected chi connectivity index (χ3v) is 4.56. The Bertz CT molecular complexity index is 1070. The number of carbonyl (C=O) groups is 2. The molecule has 0 unspecified atom stereocenters. The van der Waals surface area contributed by atoms with Gasteiger partial charge in [-0.05, 0) is 18.1 Å². The van der Waals surface area contributed by atoms with Crippen LogP contribution >= 0.6 is 23.2 Å². The zero-order chi connectivity index (χ0) is 20.6. The summed E-state index contributed by atoms with van der Waals surface area (Å²) < 4.78 is 2.69. The Morgan fingerprint density at radius 1 is 1.21 bits per heavy atom. The molecule has 3 rings (SSSR count). The number of carbonyl (C=O) groups excluding carboxylic acids is 2. The molecule has 1 amide bonds. The Labute approximate surface area is 170 Å². The summed E-state index contributed by atoms with van der Waals surface area (Å²) in [6.45, 7) is 4.44. The minimum atomic E-state index is -0.989. The largest absolute Gasteiger partial charge is 0.711 e. The van der Waals surface area contributed by atoms with Crippen molar-refractivity contribution in [1.29, 1.82) is 0 Å². The molecule has 0 aliphatic heterocycles. The molecule has 146 valence electrons. The first-order valence-electron chi connectivity index (χ1n) is 8.33. The van der Waals surface area contributed by atoms with Crippen LogP contribution in [-0.2, 0) is 11.3 Å². The number of ketones is 1. The molecule has 8 nitrogen and oxygen atoms in total. The summed E-state index contributed by atoms with van der Waals surface area (Å²) in [5.41, 5.74) is 0.328. The van der Waals surface area contributed by atoms with Crippen LogP contribution in [0.25, 0.3) is 11.0 Å². The third kappa shape index (κ3) is 3.74. The normalized spacial score (nSPS) is 11.2. The average Bonchev–Trinajstić information content (AvgIpc) is 2.96. The molecule has 10 heteroatoms. The van der Waals surface area contributed by atoms with Gasteiger partial charge >= 0.3 is 0 Å². The predicted octanol–water partition coefficient (Wildman–Crippen LogP) is 2.69. The Morgan fingerprint density at radius 2 is 1.86 bits per heavy atom. The predicted molar refractivity (Wildman–Crippen MR) is 104 cm³/mol. The molecule has 28 heavy (non-hydrogen) atoms. The number of hydrogen-bond donors (Lipinski definition) is 1. The van der Waals surface area contributed by atoms with Crippen molar-refractivity contribution >= 4 is 51.6 Å². The van der Waals surface area contributed by atoms with Gasteiger partial charge in [0.2, 0.25) is 12.4 Å². The van der Waals surface area contributed by atoms with E-state index in [-0.39, 0.29) is 32.9 Å². The summed E-state index contributed by atoms with van der Waals surface area (Å²) in [4.78, 5) is 25.3. The van der Waals surface area contributed by atoms with E-state index in [2.05, 4.69) is 5.32 Å². The molecule has 0 saturated heterocycles. The Balaban J connectivity index is 2.00. The fraction of sp³-hybridized carbons (Fsp3) is 0.222. The summed E-state index contributed by atoms with van der Waals surface area (Å²) in [7, 11) is 0. The van der Waals surface area contributed by atoms with E-state index in [0.29, 0.717) is 21.4 Å². The molecule has 0 aromatic carbocycles. The maximum Gasteiger partial charge on any atom is 0.297 e. The summed E-state index contributed by atoms with van der Waals surface area (Å²) in [6, 6.07) is 3.10. The molecule has 0 bridgehead atoms. The van der Waals surface area contributed by atoms with Crippen molar-refractivity contribution in [2.75, 3.05) is 5.32 Å². The number of anilines is 1. The van der Waals surface area contributed by atoms with E-state index in [4.69, 9.17) is 23.2 Å². The van der Waals surface area contributed by atoms with Gasteiger partial charge in [0.15, 0.2) is 0 Å². The van der Waals surface area contributed by atoms with Crippen molar-refractivity contribution in [1.82, 2.24) is 4.57 Å². The monoisotopic (exact) mass is 422 g/mol. The van der Waals surface area contributed by atoms with Crippen LogP contribution in [-0.4, -0.2) is 16.3 Å². The first-order valence-corrected chi connectivity index (χ1v) is 9.09. The van der Waals surface area contributed by atoms with E-state index in [9.17, 15) is 20.0 Å². The van der Waals surface area contributed by atoms with Gasteiger partial charge in [-0.3, -0.25) is 9.59 Å². The SMILES string of the molecule is CC(C)Cn1cc(C(=O)C(=O)Nc2c(Cl)c[n+]([O-])cc2Cl)c2ccc[n+]([O-])c21. The molecular weight excluding hydrogens is 407 g/mol. The first kappa shape index (κ1) is 19.9. The highest BCUT2D eigenvalue weighted by Crippen LogP contribution is 2.28. The van der Waals surface area contributed by atoms with Crippen LogP contribution in [0, 0.1) is 16.3 Å². The molecule has 0 fully saturated rings. The number of nitrogens with one attached hydrogen (secondary N) is 1. The summed E-state index contributed by atoms with van der Waals surface area (Å²) in [6.07, 6.45) is 4.82. The number of fused-ring (bicyclic) bond motifs is 1. The van der Waals surface area contributed by atoms with Gasteiger partial charge in [-0.1, -0.05) is 37.0 Å². The zero-order valence-corrected chi connectivity index (χ0v) is 16.5. The number of amides is 1. The van der Waals surface area contributed by atoms with Crippen molar-refractivity contribution < 1.29 is 19.0 Å². The van der Waals surface area contributed by atoms with Crippen LogP contribution in [0.1, 0.15) is 24.2 Å². The second-order valence-electron chi connectivity index (χ2n) is 6.63. The van der Waals surface area contributed by atoms with Gasteiger partial charge < -0.3 is 15.7 Å². The molecule has 0 aliphatic carbocycles. The van der Waals surface area contributed by atoms with Crippen LogP contribution < -0.4 is 14.8 Å². The second-order valence-corrected chi connectivity index (χ2v) is 7.45. The first-order chi connectivity index (χ1) is 13.2. The quantitative estimate of drug-likeness (QED) is 0.295. The van der Waals surface area contributed by atoms with Crippen molar-refractivity contribution in [2.24, 2.45) is 5.92 Å². The van der Waals surface area contributed by atoms with Gasteiger partial charge in [0.1, 0.15) is 16.2 Å². The average molecular weight is 423 g/mol.